The summed E-state index contributed by atoms with van der Waals surface area (Å²) in [6.45, 7) is 2.16. The minimum atomic E-state index is -0.624. The molecule has 0 spiro atoms. The van der Waals surface area contributed by atoms with E-state index in [1.165, 1.54) is 7.11 Å². The van der Waals surface area contributed by atoms with Crippen LogP contribution in [-0.2, 0) is 16.0 Å². The van der Waals surface area contributed by atoms with Gasteiger partial charge < -0.3 is 20.9 Å². The van der Waals surface area contributed by atoms with Gasteiger partial charge in [-0.3, -0.25) is 4.79 Å². The zero-order valence-electron chi connectivity index (χ0n) is 11.4. The number of carbonyl (C=O) groups excluding carboxylic acids is 1. The fraction of sp³-hybridized carbons (Fsp3) is 0.500. The molecule has 0 bridgehead atoms. The Balaban J connectivity index is 2.33. The lowest BCUT2D eigenvalue weighted by Gasteiger charge is -2.17. The van der Waals surface area contributed by atoms with Crippen molar-refractivity contribution in [3.63, 3.8) is 0 Å². The molecule has 0 aliphatic carbocycles. The van der Waals surface area contributed by atoms with Crippen molar-refractivity contribution >= 4 is 5.91 Å². The number of hydrogen-bond acceptors (Lipinski definition) is 4. The van der Waals surface area contributed by atoms with Crippen LogP contribution in [0.3, 0.4) is 0 Å². The minimum Gasteiger partial charge on any atom is -0.508 e. The molecule has 2 atom stereocenters. The van der Waals surface area contributed by atoms with Gasteiger partial charge >= 0.3 is 0 Å². The van der Waals surface area contributed by atoms with Crippen LogP contribution in [0.4, 0.5) is 0 Å². The van der Waals surface area contributed by atoms with E-state index >= 15 is 0 Å². The lowest BCUT2D eigenvalue weighted by molar-refractivity contribution is -0.124. The maximum atomic E-state index is 11.7. The predicted molar refractivity (Wildman–Crippen MR) is 73.9 cm³/mol. The average Bonchev–Trinajstić information content (AvgIpc) is 2.38. The Morgan fingerprint density at radius 3 is 2.63 bits per heavy atom. The standard InChI is InChI=1S/C14H22N2O3/c1-10(16-14(18)13(15)9-19-2)3-4-11-5-7-12(17)8-6-11/h5-8,10,13,17H,3-4,9,15H2,1-2H3,(H,16,18). The van der Waals surface area contributed by atoms with Crippen LogP contribution in [0.25, 0.3) is 0 Å². The Morgan fingerprint density at radius 2 is 2.05 bits per heavy atom. The fourth-order valence-corrected chi connectivity index (χ4v) is 1.72. The third-order valence-electron chi connectivity index (χ3n) is 2.87. The summed E-state index contributed by atoms with van der Waals surface area (Å²) in [5, 5.41) is 12.0. The van der Waals surface area contributed by atoms with Gasteiger partial charge in [0.15, 0.2) is 0 Å². The molecule has 1 aromatic rings. The van der Waals surface area contributed by atoms with Gasteiger partial charge in [-0.1, -0.05) is 12.1 Å². The largest absolute Gasteiger partial charge is 0.508 e. The van der Waals surface area contributed by atoms with Gasteiger partial charge in [-0.15, -0.1) is 0 Å². The molecule has 1 rings (SSSR count). The third kappa shape index (κ3) is 5.72. The first kappa shape index (κ1) is 15.5. The van der Waals surface area contributed by atoms with Gasteiger partial charge in [0.05, 0.1) is 6.61 Å². The number of hydrogen-bond donors (Lipinski definition) is 3. The van der Waals surface area contributed by atoms with Crippen LogP contribution in [0.1, 0.15) is 18.9 Å². The van der Waals surface area contributed by atoms with Crippen molar-refractivity contribution in [2.24, 2.45) is 5.73 Å². The van der Waals surface area contributed by atoms with Gasteiger partial charge in [-0.25, -0.2) is 0 Å². The molecule has 1 aromatic carbocycles. The Hall–Kier alpha value is -1.59. The number of phenolic OH excluding ortho intramolecular Hbond substituents is 1. The second kappa shape index (κ2) is 7.76. The number of methoxy groups -OCH3 is 1. The predicted octanol–water partition coefficient (Wildman–Crippen LogP) is 0.803. The van der Waals surface area contributed by atoms with Crippen molar-refractivity contribution < 1.29 is 14.6 Å². The number of nitrogens with two attached hydrogens (primary N) is 1. The summed E-state index contributed by atoms with van der Waals surface area (Å²) in [5.74, 6) is 0.0655. The zero-order valence-corrected chi connectivity index (χ0v) is 11.4. The van der Waals surface area contributed by atoms with E-state index in [0.29, 0.717) is 0 Å². The summed E-state index contributed by atoms with van der Waals surface area (Å²) in [6, 6.07) is 6.49. The van der Waals surface area contributed by atoms with Crippen LogP contribution in [0.15, 0.2) is 24.3 Å². The van der Waals surface area contributed by atoms with Crippen molar-refractivity contribution in [2.75, 3.05) is 13.7 Å². The number of amides is 1. The summed E-state index contributed by atoms with van der Waals surface area (Å²) in [6.07, 6.45) is 1.65. The molecule has 0 heterocycles. The summed E-state index contributed by atoms with van der Waals surface area (Å²) < 4.78 is 4.84. The molecular formula is C14H22N2O3. The molecule has 4 N–H and O–H groups in total. The SMILES string of the molecule is COCC(N)C(=O)NC(C)CCc1ccc(O)cc1. The van der Waals surface area contributed by atoms with Crippen LogP contribution in [-0.4, -0.2) is 36.8 Å². The molecule has 19 heavy (non-hydrogen) atoms. The summed E-state index contributed by atoms with van der Waals surface area (Å²) in [4.78, 5) is 11.7. The normalized spacial score (nSPS) is 13.8. The van der Waals surface area contributed by atoms with Crippen LogP contribution in [0, 0.1) is 0 Å². The highest BCUT2D eigenvalue weighted by atomic mass is 16.5. The van der Waals surface area contributed by atoms with E-state index in [1.54, 1.807) is 12.1 Å². The molecule has 106 valence electrons. The van der Waals surface area contributed by atoms with E-state index in [4.69, 9.17) is 10.5 Å². The second-order valence-electron chi connectivity index (χ2n) is 4.68. The number of nitrogens with one attached hydrogen (secondary N) is 1. The van der Waals surface area contributed by atoms with Crippen molar-refractivity contribution in [3.8, 4) is 5.75 Å². The molecule has 5 nitrogen and oxygen atoms in total. The number of ether oxygens (including phenoxy) is 1. The molecule has 1 amide bonds. The van der Waals surface area contributed by atoms with Gasteiger partial charge in [0.25, 0.3) is 0 Å². The van der Waals surface area contributed by atoms with E-state index in [-0.39, 0.29) is 24.3 Å². The lowest BCUT2D eigenvalue weighted by atomic mass is 10.1. The van der Waals surface area contributed by atoms with E-state index in [1.807, 2.05) is 19.1 Å². The number of benzene rings is 1. The molecule has 0 aromatic heterocycles. The lowest BCUT2D eigenvalue weighted by Crippen LogP contribution is -2.46. The second-order valence-corrected chi connectivity index (χ2v) is 4.68. The van der Waals surface area contributed by atoms with Gasteiger partial charge in [0.1, 0.15) is 11.8 Å². The molecule has 0 fully saturated rings. The molecule has 2 unspecified atom stereocenters. The number of aryl methyl sites for hydroxylation is 1. The van der Waals surface area contributed by atoms with E-state index < -0.39 is 6.04 Å². The molecule has 0 radical (unpaired) electrons. The Labute approximate surface area is 113 Å². The van der Waals surface area contributed by atoms with Crippen molar-refractivity contribution in [3.05, 3.63) is 29.8 Å². The first-order chi connectivity index (χ1) is 9.02. The summed E-state index contributed by atoms with van der Waals surface area (Å²) in [7, 11) is 1.52. The summed E-state index contributed by atoms with van der Waals surface area (Å²) in [5.41, 5.74) is 6.76. The van der Waals surface area contributed by atoms with E-state index in [0.717, 1.165) is 18.4 Å². The zero-order chi connectivity index (χ0) is 14.3. The number of phenols is 1. The van der Waals surface area contributed by atoms with Crippen LogP contribution < -0.4 is 11.1 Å². The van der Waals surface area contributed by atoms with Gasteiger partial charge in [0.2, 0.25) is 5.91 Å². The smallest absolute Gasteiger partial charge is 0.239 e. The van der Waals surface area contributed by atoms with Gasteiger partial charge in [-0.05, 0) is 37.5 Å². The fourth-order valence-electron chi connectivity index (χ4n) is 1.72. The van der Waals surface area contributed by atoms with Crippen LogP contribution >= 0.6 is 0 Å². The highest BCUT2D eigenvalue weighted by Gasteiger charge is 2.15. The highest BCUT2D eigenvalue weighted by molar-refractivity contribution is 5.81. The average molecular weight is 266 g/mol. The maximum Gasteiger partial charge on any atom is 0.239 e. The number of carbonyl (C=O) groups is 1. The molecular weight excluding hydrogens is 244 g/mol. The Morgan fingerprint density at radius 1 is 1.42 bits per heavy atom. The molecule has 5 heteroatoms. The Bertz CT molecular complexity index is 392. The molecule has 0 saturated carbocycles. The first-order valence-corrected chi connectivity index (χ1v) is 6.35. The topological polar surface area (TPSA) is 84.6 Å². The molecule has 0 aliphatic rings. The molecule has 0 saturated heterocycles. The van der Waals surface area contributed by atoms with Crippen LogP contribution in [0.5, 0.6) is 5.75 Å². The minimum absolute atomic E-state index is 0.0456. The monoisotopic (exact) mass is 266 g/mol. The van der Waals surface area contributed by atoms with Crippen molar-refractivity contribution in [2.45, 2.75) is 31.8 Å². The van der Waals surface area contributed by atoms with Gasteiger partial charge in [0, 0.05) is 13.2 Å². The van der Waals surface area contributed by atoms with Crippen molar-refractivity contribution in [1.82, 2.24) is 5.32 Å². The quantitative estimate of drug-likeness (QED) is 0.681. The third-order valence-corrected chi connectivity index (χ3v) is 2.87. The van der Waals surface area contributed by atoms with E-state index in [2.05, 4.69) is 5.32 Å². The van der Waals surface area contributed by atoms with Crippen LogP contribution in [0.2, 0.25) is 0 Å². The molecule has 0 aliphatic heterocycles. The number of rotatable bonds is 7. The Kier molecular flexibility index (Phi) is 6.32. The summed E-state index contributed by atoms with van der Waals surface area (Å²) >= 11 is 0. The number of aromatic hydroxyl groups is 1. The first-order valence-electron chi connectivity index (χ1n) is 6.35. The van der Waals surface area contributed by atoms with E-state index in [9.17, 15) is 9.90 Å². The highest BCUT2D eigenvalue weighted by Crippen LogP contribution is 2.11. The van der Waals surface area contributed by atoms with Crippen molar-refractivity contribution in [1.29, 1.82) is 0 Å². The van der Waals surface area contributed by atoms with Gasteiger partial charge in [-0.2, -0.15) is 0 Å². The maximum absolute atomic E-state index is 11.7.